The molecule has 0 aliphatic heterocycles. The Bertz CT molecular complexity index is 133. The molecule has 1 heteroatoms. The summed E-state index contributed by atoms with van der Waals surface area (Å²) < 4.78 is 0. The van der Waals surface area contributed by atoms with Gasteiger partial charge >= 0.3 is 0 Å². The maximum absolute atomic E-state index is 3.40. The van der Waals surface area contributed by atoms with Crippen LogP contribution in [0.2, 0.25) is 0 Å². The Morgan fingerprint density at radius 1 is 1.07 bits per heavy atom. The predicted molar refractivity (Wildman–Crippen MR) is 65.6 cm³/mol. The van der Waals surface area contributed by atoms with E-state index in [9.17, 15) is 0 Å². The zero-order valence-corrected chi connectivity index (χ0v) is 11.0. The molecule has 0 rings (SSSR count). The van der Waals surface area contributed by atoms with E-state index in [1.165, 1.54) is 25.7 Å². The van der Waals surface area contributed by atoms with Crippen LogP contribution in [0.4, 0.5) is 0 Å². The monoisotopic (exact) mass is 199 g/mol. The third-order valence-electron chi connectivity index (χ3n) is 2.87. The van der Waals surface area contributed by atoms with Crippen LogP contribution in [0.3, 0.4) is 0 Å². The summed E-state index contributed by atoms with van der Waals surface area (Å²) in [5.41, 5.74) is 0.507. The second kappa shape index (κ2) is 6.44. The molecule has 0 bridgehead atoms. The molecule has 0 heterocycles. The Morgan fingerprint density at radius 2 is 1.64 bits per heavy atom. The number of unbranched alkanes of at least 4 members (excludes halogenated alkanes) is 1. The van der Waals surface area contributed by atoms with Crippen LogP contribution in [0, 0.1) is 11.3 Å². The number of nitrogens with one attached hydrogen (secondary N) is 1. The van der Waals surface area contributed by atoms with Crippen molar-refractivity contribution in [2.24, 2.45) is 11.3 Å². The minimum Gasteiger partial charge on any atom is -0.317 e. The van der Waals surface area contributed by atoms with Gasteiger partial charge < -0.3 is 5.32 Å². The van der Waals surface area contributed by atoms with Gasteiger partial charge in [0.1, 0.15) is 0 Å². The Hall–Kier alpha value is -0.0400. The average Bonchev–Trinajstić information content (AvgIpc) is 2.01. The highest BCUT2D eigenvalue weighted by molar-refractivity contribution is 4.69. The molecule has 0 radical (unpaired) electrons. The van der Waals surface area contributed by atoms with Gasteiger partial charge in [0.2, 0.25) is 0 Å². The lowest BCUT2D eigenvalue weighted by Crippen LogP contribution is -2.30. The van der Waals surface area contributed by atoms with E-state index in [0.29, 0.717) is 11.5 Å². The Kier molecular flexibility index (Phi) is 6.43. The van der Waals surface area contributed by atoms with E-state index < -0.39 is 0 Å². The topological polar surface area (TPSA) is 12.0 Å². The molecule has 0 aliphatic carbocycles. The quantitative estimate of drug-likeness (QED) is 0.641. The summed E-state index contributed by atoms with van der Waals surface area (Å²) in [5, 5.41) is 3.40. The summed E-state index contributed by atoms with van der Waals surface area (Å²) in [6.07, 6.45) is 5.40. The van der Waals surface area contributed by atoms with E-state index in [2.05, 4.69) is 47.0 Å². The van der Waals surface area contributed by atoms with Crippen LogP contribution in [-0.2, 0) is 0 Å². The lowest BCUT2D eigenvalue weighted by Gasteiger charge is -2.22. The van der Waals surface area contributed by atoms with Crippen LogP contribution in [-0.4, -0.2) is 13.1 Å². The maximum atomic E-state index is 3.40. The predicted octanol–water partition coefficient (Wildman–Crippen LogP) is 3.84. The molecule has 0 saturated heterocycles. The number of hydrogen-bond donors (Lipinski definition) is 1. The van der Waals surface area contributed by atoms with Crippen molar-refractivity contribution in [3.63, 3.8) is 0 Å². The molecule has 0 saturated carbocycles. The summed E-state index contributed by atoms with van der Waals surface area (Å²) in [7, 11) is 2.08. The first kappa shape index (κ1) is 14.0. The first-order valence-electron chi connectivity index (χ1n) is 6.04. The first-order valence-corrected chi connectivity index (χ1v) is 6.04. The summed E-state index contributed by atoms with van der Waals surface area (Å²) >= 11 is 0. The van der Waals surface area contributed by atoms with E-state index in [4.69, 9.17) is 0 Å². The van der Waals surface area contributed by atoms with Crippen molar-refractivity contribution >= 4 is 0 Å². The molecule has 1 nitrogen and oxygen atoms in total. The molecule has 1 unspecified atom stereocenters. The first-order chi connectivity index (χ1) is 6.37. The molecule has 0 aromatic rings. The van der Waals surface area contributed by atoms with Gasteiger partial charge in [0.05, 0.1) is 0 Å². The molecule has 0 aliphatic rings. The fourth-order valence-corrected chi connectivity index (χ4v) is 1.83. The molecule has 1 atom stereocenters. The highest BCUT2D eigenvalue weighted by atomic mass is 14.9. The van der Waals surface area contributed by atoms with Gasteiger partial charge in [0.15, 0.2) is 0 Å². The smallest absolute Gasteiger partial charge is 0.00870 e. The Balaban J connectivity index is 3.52. The molecule has 1 N–H and O–H groups in total. The van der Waals surface area contributed by atoms with Crippen molar-refractivity contribution in [1.29, 1.82) is 0 Å². The van der Waals surface area contributed by atoms with E-state index >= 15 is 0 Å². The normalized spacial score (nSPS) is 14.8. The highest BCUT2D eigenvalue weighted by Crippen LogP contribution is 2.22. The fraction of sp³-hybridized carbons (Fsp3) is 1.00. The van der Waals surface area contributed by atoms with Gasteiger partial charge in [-0.2, -0.15) is 0 Å². The SMILES string of the molecule is CNC(CCCCC(C)(C)C)C(C)C. The van der Waals surface area contributed by atoms with Crippen molar-refractivity contribution in [2.75, 3.05) is 7.05 Å². The summed E-state index contributed by atoms with van der Waals surface area (Å²) in [6, 6.07) is 0.704. The third-order valence-corrected chi connectivity index (χ3v) is 2.87. The largest absolute Gasteiger partial charge is 0.317 e. The fourth-order valence-electron chi connectivity index (χ4n) is 1.83. The van der Waals surface area contributed by atoms with E-state index in [-0.39, 0.29) is 0 Å². The van der Waals surface area contributed by atoms with Crippen LogP contribution in [0.15, 0.2) is 0 Å². The molecule has 86 valence electrons. The maximum Gasteiger partial charge on any atom is 0.00870 e. The minimum absolute atomic E-state index is 0.507. The van der Waals surface area contributed by atoms with Gasteiger partial charge in [-0.1, -0.05) is 47.5 Å². The number of rotatable bonds is 6. The molecule has 0 amide bonds. The minimum atomic E-state index is 0.507. The molecule has 0 spiro atoms. The highest BCUT2D eigenvalue weighted by Gasteiger charge is 2.12. The summed E-state index contributed by atoms with van der Waals surface area (Å²) in [4.78, 5) is 0. The van der Waals surface area contributed by atoms with Gasteiger partial charge in [0, 0.05) is 6.04 Å². The zero-order valence-electron chi connectivity index (χ0n) is 11.0. The van der Waals surface area contributed by atoms with Crippen LogP contribution in [0.1, 0.15) is 60.3 Å². The Labute approximate surface area is 90.7 Å². The van der Waals surface area contributed by atoms with Crippen molar-refractivity contribution in [3.05, 3.63) is 0 Å². The van der Waals surface area contributed by atoms with Crippen molar-refractivity contribution < 1.29 is 0 Å². The third kappa shape index (κ3) is 7.37. The molecule has 0 aromatic carbocycles. The van der Waals surface area contributed by atoms with Crippen molar-refractivity contribution in [3.8, 4) is 0 Å². The summed E-state index contributed by atoms with van der Waals surface area (Å²) in [5.74, 6) is 0.759. The van der Waals surface area contributed by atoms with Gasteiger partial charge in [-0.05, 0) is 31.2 Å². The van der Waals surface area contributed by atoms with Crippen LogP contribution >= 0.6 is 0 Å². The zero-order chi connectivity index (χ0) is 11.2. The average molecular weight is 199 g/mol. The molecule has 0 fully saturated rings. The second-order valence-corrected chi connectivity index (χ2v) is 5.95. The van der Waals surface area contributed by atoms with E-state index in [1.54, 1.807) is 0 Å². The van der Waals surface area contributed by atoms with E-state index in [0.717, 1.165) is 5.92 Å². The van der Waals surface area contributed by atoms with Gasteiger partial charge in [-0.3, -0.25) is 0 Å². The summed E-state index contributed by atoms with van der Waals surface area (Å²) in [6.45, 7) is 11.6. The molecular weight excluding hydrogens is 170 g/mol. The lowest BCUT2D eigenvalue weighted by atomic mass is 9.88. The molecular formula is C13H29N. The molecule has 14 heavy (non-hydrogen) atoms. The standard InChI is InChI=1S/C13H29N/c1-11(2)12(14-6)9-7-8-10-13(3,4)5/h11-12,14H,7-10H2,1-6H3. The number of hydrogen-bond acceptors (Lipinski definition) is 1. The Morgan fingerprint density at radius 3 is 2.00 bits per heavy atom. The van der Waals surface area contributed by atoms with Crippen LogP contribution in [0.5, 0.6) is 0 Å². The van der Waals surface area contributed by atoms with Gasteiger partial charge in [-0.15, -0.1) is 0 Å². The van der Waals surface area contributed by atoms with Gasteiger partial charge in [0.25, 0.3) is 0 Å². The lowest BCUT2D eigenvalue weighted by molar-refractivity contribution is 0.336. The van der Waals surface area contributed by atoms with Crippen molar-refractivity contribution in [1.82, 2.24) is 5.32 Å². The van der Waals surface area contributed by atoms with Crippen LogP contribution in [0.25, 0.3) is 0 Å². The second-order valence-electron chi connectivity index (χ2n) is 5.95. The van der Waals surface area contributed by atoms with Crippen molar-refractivity contribution in [2.45, 2.75) is 66.3 Å². The van der Waals surface area contributed by atoms with Crippen LogP contribution < -0.4 is 5.32 Å². The van der Waals surface area contributed by atoms with E-state index in [1.807, 2.05) is 0 Å². The molecule has 0 aromatic heterocycles. The van der Waals surface area contributed by atoms with Gasteiger partial charge in [-0.25, -0.2) is 0 Å².